The summed E-state index contributed by atoms with van der Waals surface area (Å²) in [5.74, 6) is 0.0528. The summed E-state index contributed by atoms with van der Waals surface area (Å²) in [7, 11) is 0. The number of carbonyl (C=O) groups excluding carboxylic acids is 2. The molecule has 1 rings (SSSR count). The Bertz CT molecular complexity index is 315. The normalized spacial score (nSPS) is 21.9. The minimum Gasteiger partial charge on any atom is -0.339 e. The molecule has 0 aromatic heterocycles. The van der Waals surface area contributed by atoms with Gasteiger partial charge in [-0.15, -0.1) is 0 Å². The number of nitrogens with two attached hydrogens (primary N) is 1. The topological polar surface area (TPSA) is 66.6 Å². The van der Waals surface area contributed by atoms with Crippen LogP contribution in [0.5, 0.6) is 0 Å². The number of piperidine rings is 1. The highest BCUT2D eigenvalue weighted by Crippen LogP contribution is 2.19. The lowest BCUT2D eigenvalue weighted by Crippen LogP contribution is -2.55. The number of likely N-dealkylation sites (tertiary alicyclic amines) is 1. The Morgan fingerprint density at radius 2 is 1.94 bits per heavy atom. The highest BCUT2D eigenvalue weighted by atomic mass is 16.2. The highest BCUT2D eigenvalue weighted by molar-refractivity contribution is 5.81. The third-order valence-corrected chi connectivity index (χ3v) is 3.41. The Balaban J connectivity index is 2.73. The van der Waals surface area contributed by atoms with E-state index in [0.29, 0.717) is 6.54 Å². The van der Waals surface area contributed by atoms with Crippen molar-refractivity contribution in [2.75, 3.05) is 13.1 Å². The van der Waals surface area contributed by atoms with Gasteiger partial charge in [-0.1, -0.05) is 0 Å². The molecule has 1 saturated heterocycles. The SMILES string of the molecule is CC(=O)N(C(C)C)[C@H]1CCCN(C(=O)[C@H](C)N)C1. The summed E-state index contributed by atoms with van der Waals surface area (Å²) in [6, 6.07) is -0.176. The van der Waals surface area contributed by atoms with Gasteiger partial charge in [-0.2, -0.15) is 0 Å². The Kier molecular flexibility index (Phi) is 5.14. The smallest absolute Gasteiger partial charge is 0.239 e. The summed E-state index contributed by atoms with van der Waals surface area (Å²) < 4.78 is 0. The van der Waals surface area contributed by atoms with E-state index in [9.17, 15) is 9.59 Å². The third-order valence-electron chi connectivity index (χ3n) is 3.41. The number of nitrogens with zero attached hydrogens (tertiary/aromatic N) is 2. The number of hydrogen-bond acceptors (Lipinski definition) is 3. The summed E-state index contributed by atoms with van der Waals surface area (Å²) in [4.78, 5) is 27.3. The van der Waals surface area contributed by atoms with Gasteiger partial charge in [-0.3, -0.25) is 9.59 Å². The van der Waals surface area contributed by atoms with E-state index in [4.69, 9.17) is 5.73 Å². The molecule has 0 aromatic carbocycles. The summed E-state index contributed by atoms with van der Waals surface area (Å²) in [6.07, 6.45) is 1.89. The zero-order valence-electron chi connectivity index (χ0n) is 11.8. The van der Waals surface area contributed by atoms with E-state index in [0.717, 1.165) is 19.4 Å². The van der Waals surface area contributed by atoms with Crippen molar-refractivity contribution < 1.29 is 9.59 Å². The number of amides is 2. The van der Waals surface area contributed by atoms with Gasteiger partial charge < -0.3 is 15.5 Å². The van der Waals surface area contributed by atoms with E-state index in [1.807, 2.05) is 18.7 Å². The van der Waals surface area contributed by atoms with Crippen molar-refractivity contribution in [3.63, 3.8) is 0 Å². The predicted octanol–water partition coefficient (Wildman–Crippen LogP) is 0.582. The van der Waals surface area contributed by atoms with Crippen LogP contribution in [0.1, 0.15) is 40.5 Å². The van der Waals surface area contributed by atoms with Gasteiger partial charge in [0.25, 0.3) is 0 Å². The maximum Gasteiger partial charge on any atom is 0.239 e. The zero-order valence-corrected chi connectivity index (χ0v) is 11.8. The lowest BCUT2D eigenvalue weighted by Gasteiger charge is -2.41. The van der Waals surface area contributed by atoms with E-state index in [1.54, 1.807) is 18.7 Å². The molecule has 104 valence electrons. The van der Waals surface area contributed by atoms with E-state index >= 15 is 0 Å². The fourth-order valence-corrected chi connectivity index (χ4v) is 2.71. The Hall–Kier alpha value is -1.10. The van der Waals surface area contributed by atoms with Crippen LogP contribution in [0, 0.1) is 0 Å². The fraction of sp³-hybridized carbons (Fsp3) is 0.846. The molecule has 0 aliphatic carbocycles. The lowest BCUT2D eigenvalue weighted by atomic mass is 10.0. The molecule has 5 nitrogen and oxygen atoms in total. The van der Waals surface area contributed by atoms with Crippen molar-refractivity contribution in [1.29, 1.82) is 0 Å². The van der Waals surface area contributed by atoms with Gasteiger partial charge in [-0.05, 0) is 33.6 Å². The van der Waals surface area contributed by atoms with Gasteiger partial charge in [0.05, 0.1) is 6.04 Å². The molecule has 0 unspecified atom stereocenters. The average molecular weight is 255 g/mol. The van der Waals surface area contributed by atoms with E-state index < -0.39 is 6.04 Å². The molecule has 0 spiro atoms. The second-order valence-electron chi connectivity index (χ2n) is 5.39. The molecular formula is C13H25N3O2. The summed E-state index contributed by atoms with van der Waals surface area (Å²) in [5.41, 5.74) is 5.64. The molecule has 18 heavy (non-hydrogen) atoms. The van der Waals surface area contributed by atoms with Crippen LogP contribution in [-0.4, -0.2) is 52.8 Å². The van der Waals surface area contributed by atoms with E-state index in [2.05, 4.69) is 0 Å². The molecule has 0 saturated carbocycles. The van der Waals surface area contributed by atoms with Gasteiger partial charge in [0, 0.05) is 32.1 Å². The Morgan fingerprint density at radius 1 is 1.33 bits per heavy atom. The molecule has 1 heterocycles. The van der Waals surface area contributed by atoms with Crippen molar-refractivity contribution in [3.05, 3.63) is 0 Å². The monoisotopic (exact) mass is 255 g/mol. The molecule has 2 N–H and O–H groups in total. The molecule has 1 aliphatic rings. The van der Waals surface area contributed by atoms with Crippen LogP contribution in [0.15, 0.2) is 0 Å². The molecule has 1 aliphatic heterocycles. The first-order chi connectivity index (χ1) is 8.34. The lowest BCUT2D eigenvalue weighted by molar-refractivity contribution is -0.140. The van der Waals surface area contributed by atoms with Crippen molar-refractivity contribution >= 4 is 11.8 Å². The Labute approximate surface area is 109 Å². The molecule has 5 heteroatoms. The minimum absolute atomic E-state index is 0.0213. The highest BCUT2D eigenvalue weighted by Gasteiger charge is 2.31. The second kappa shape index (κ2) is 6.18. The van der Waals surface area contributed by atoms with Crippen LogP contribution in [-0.2, 0) is 9.59 Å². The first-order valence-corrected chi connectivity index (χ1v) is 6.67. The van der Waals surface area contributed by atoms with Gasteiger partial charge in [-0.25, -0.2) is 0 Å². The summed E-state index contributed by atoms with van der Waals surface area (Å²) in [5, 5.41) is 0. The van der Waals surface area contributed by atoms with Gasteiger partial charge in [0.2, 0.25) is 11.8 Å². The summed E-state index contributed by atoms with van der Waals surface area (Å²) >= 11 is 0. The van der Waals surface area contributed by atoms with Gasteiger partial charge in [0.1, 0.15) is 0 Å². The fourth-order valence-electron chi connectivity index (χ4n) is 2.71. The molecule has 0 radical (unpaired) electrons. The van der Waals surface area contributed by atoms with Crippen LogP contribution in [0.2, 0.25) is 0 Å². The number of hydrogen-bond donors (Lipinski definition) is 1. The largest absolute Gasteiger partial charge is 0.339 e. The Morgan fingerprint density at radius 3 is 2.39 bits per heavy atom. The van der Waals surface area contributed by atoms with Crippen LogP contribution in [0.4, 0.5) is 0 Å². The molecule has 2 atom stereocenters. The maximum absolute atomic E-state index is 11.9. The first kappa shape index (κ1) is 15.0. The molecule has 0 aromatic rings. The minimum atomic E-state index is -0.464. The van der Waals surface area contributed by atoms with Crippen LogP contribution >= 0.6 is 0 Å². The van der Waals surface area contributed by atoms with Crippen molar-refractivity contribution in [3.8, 4) is 0 Å². The predicted molar refractivity (Wildman–Crippen MR) is 70.9 cm³/mol. The van der Waals surface area contributed by atoms with Crippen molar-refractivity contribution in [2.24, 2.45) is 5.73 Å². The summed E-state index contributed by atoms with van der Waals surface area (Å²) in [6.45, 7) is 8.67. The van der Waals surface area contributed by atoms with Crippen LogP contribution < -0.4 is 5.73 Å². The molecule has 1 fully saturated rings. The molecular weight excluding hydrogens is 230 g/mol. The van der Waals surface area contributed by atoms with Crippen LogP contribution in [0.25, 0.3) is 0 Å². The van der Waals surface area contributed by atoms with Crippen LogP contribution in [0.3, 0.4) is 0 Å². The van der Waals surface area contributed by atoms with Gasteiger partial charge >= 0.3 is 0 Å². The van der Waals surface area contributed by atoms with Gasteiger partial charge in [0.15, 0.2) is 0 Å². The molecule has 2 amide bonds. The van der Waals surface area contributed by atoms with E-state index in [-0.39, 0.29) is 23.9 Å². The maximum atomic E-state index is 11.9. The number of rotatable bonds is 3. The zero-order chi connectivity index (χ0) is 13.9. The first-order valence-electron chi connectivity index (χ1n) is 6.67. The van der Waals surface area contributed by atoms with Crippen molar-refractivity contribution in [2.45, 2.75) is 58.7 Å². The standard InChI is InChI=1S/C13H25N3O2/c1-9(2)16(11(4)17)12-6-5-7-15(8-12)13(18)10(3)14/h9-10,12H,5-8,14H2,1-4H3/t10-,12-/m0/s1. The third kappa shape index (κ3) is 3.45. The van der Waals surface area contributed by atoms with Crippen molar-refractivity contribution in [1.82, 2.24) is 9.80 Å². The second-order valence-corrected chi connectivity index (χ2v) is 5.39. The molecule has 0 bridgehead atoms. The number of carbonyl (C=O) groups is 2. The quantitative estimate of drug-likeness (QED) is 0.802. The average Bonchev–Trinajstić information content (AvgIpc) is 2.27. The van der Waals surface area contributed by atoms with E-state index in [1.165, 1.54) is 0 Å².